The van der Waals surface area contributed by atoms with Gasteiger partial charge in [0.2, 0.25) is 0 Å². The minimum absolute atomic E-state index is 0.199. The highest BCUT2D eigenvalue weighted by Gasteiger charge is 2.14. The van der Waals surface area contributed by atoms with Gasteiger partial charge in [-0.2, -0.15) is 10.4 Å². The quantitative estimate of drug-likeness (QED) is 0.474. The summed E-state index contributed by atoms with van der Waals surface area (Å²) in [5, 5.41) is 16.7. The third-order valence-corrected chi connectivity index (χ3v) is 5.62. The van der Waals surface area contributed by atoms with E-state index in [1.165, 1.54) is 11.8 Å². The smallest absolute Gasteiger partial charge is 0.256 e. The van der Waals surface area contributed by atoms with Crippen LogP contribution in [0.2, 0.25) is 0 Å². The minimum Gasteiger partial charge on any atom is -0.322 e. The van der Waals surface area contributed by atoms with Gasteiger partial charge in [0.15, 0.2) is 0 Å². The molecule has 3 aromatic carbocycles. The molecule has 4 rings (SSSR count). The summed E-state index contributed by atoms with van der Waals surface area (Å²) in [7, 11) is 0. The summed E-state index contributed by atoms with van der Waals surface area (Å²) in [6, 6.07) is 26.4. The first-order valence-electron chi connectivity index (χ1n) is 9.34. The molecule has 1 heterocycles. The average molecular weight is 411 g/mol. The van der Waals surface area contributed by atoms with Crippen LogP contribution in [0.5, 0.6) is 0 Å². The van der Waals surface area contributed by atoms with E-state index in [1.807, 2.05) is 79.9 Å². The van der Waals surface area contributed by atoms with Crippen molar-refractivity contribution in [3.63, 3.8) is 0 Å². The van der Waals surface area contributed by atoms with Crippen molar-refractivity contribution in [3.8, 4) is 11.8 Å². The fourth-order valence-corrected chi connectivity index (χ4v) is 3.99. The first kappa shape index (κ1) is 19.5. The molecule has 6 heteroatoms. The van der Waals surface area contributed by atoms with Crippen molar-refractivity contribution in [1.82, 2.24) is 9.78 Å². The highest BCUT2D eigenvalue weighted by molar-refractivity contribution is 7.99. The molecule has 0 atom stereocenters. The van der Waals surface area contributed by atoms with Crippen LogP contribution in [0.1, 0.15) is 21.6 Å². The summed E-state index contributed by atoms with van der Waals surface area (Å²) in [4.78, 5) is 14.5. The van der Waals surface area contributed by atoms with E-state index in [2.05, 4.69) is 16.5 Å². The maximum Gasteiger partial charge on any atom is 0.256 e. The molecule has 0 saturated carbocycles. The second kappa shape index (κ2) is 8.68. The third-order valence-electron chi connectivity index (χ3n) is 4.47. The van der Waals surface area contributed by atoms with E-state index in [0.29, 0.717) is 16.8 Å². The fraction of sp³-hybridized carbons (Fsp3) is 0.0417. The summed E-state index contributed by atoms with van der Waals surface area (Å²) in [6.45, 7) is 1.94. The number of hydrogen-bond acceptors (Lipinski definition) is 4. The zero-order chi connectivity index (χ0) is 20.9. The molecule has 5 nitrogen and oxygen atoms in total. The topological polar surface area (TPSA) is 70.7 Å². The van der Waals surface area contributed by atoms with Crippen molar-refractivity contribution in [2.75, 3.05) is 5.32 Å². The molecular formula is C24H18N4OS. The van der Waals surface area contributed by atoms with E-state index in [9.17, 15) is 10.1 Å². The number of carbonyl (C=O) groups excluding carboxylic acids is 1. The third kappa shape index (κ3) is 4.27. The number of nitriles is 1. The van der Waals surface area contributed by atoms with Gasteiger partial charge in [0.25, 0.3) is 5.91 Å². The van der Waals surface area contributed by atoms with Crippen LogP contribution in [0, 0.1) is 18.3 Å². The number of aromatic nitrogens is 2. The van der Waals surface area contributed by atoms with Crippen molar-refractivity contribution in [2.24, 2.45) is 0 Å². The molecule has 4 aromatic rings. The van der Waals surface area contributed by atoms with Gasteiger partial charge >= 0.3 is 0 Å². The number of rotatable bonds is 5. The number of aryl methyl sites for hydroxylation is 1. The summed E-state index contributed by atoms with van der Waals surface area (Å²) in [6.07, 6.45) is 1.90. The van der Waals surface area contributed by atoms with Crippen LogP contribution in [-0.2, 0) is 0 Å². The molecule has 1 amide bonds. The number of hydrogen-bond donors (Lipinski definition) is 1. The molecule has 0 spiro atoms. The Bertz CT molecular complexity index is 1240. The number of nitrogens with one attached hydrogen (secondary N) is 1. The summed E-state index contributed by atoms with van der Waals surface area (Å²) >= 11 is 1.41. The summed E-state index contributed by atoms with van der Waals surface area (Å²) < 4.78 is 1.79. The first-order chi connectivity index (χ1) is 14.6. The van der Waals surface area contributed by atoms with Gasteiger partial charge in [0, 0.05) is 21.7 Å². The Balaban J connectivity index is 1.53. The molecule has 0 aliphatic carbocycles. The Morgan fingerprint density at radius 3 is 2.37 bits per heavy atom. The van der Waals surface area contributed by atoms with Gasteiger partial charge in [-0.3, -0.25) is 4.79 Å². The van der Waals surface area contributed by atoms with Crippen molar-refractivity contribution in [3.05, 3.63) is 102 Å². The molecule has 0 radical (unpaired) electrons. The van der Waals surface area contributed by atoms with E-state index in [1.54, 1.807) is 16.8 Å². The van der Waals surface area contributed by atoms with E-state index in [-0.39, 0.29) is 5.91 Å². The molecule has 30 heavy (non-hydrogen) atoms. The maximum atomic E-state index is 12.9. The first-order valence-corrected chi connectivity index (χ1v) is 10.2. The van der Waals surface area contributed by atoms with E-state index in [4.69, 9.17) is 0 Å². The fourth-order valence-electron chi connectivity index (χ4n) is 2.96. The lowest BCUT2D eigenvalue weighted by atomic mass is 10.2. The largest absolute Gasteiger partial charge is 0.322 e. The van der Waals surface area contributed by atoms with Crippen LogP contribution >= 0.6 is 11.8 Å². The molecule has 0 fully saturated rings. The monoisotopic (exact) mass is 410 g/mol. The number of carbonyl (C=O) groups is 1. The SMILES string of the molecule is Cc1ccn(-c2ccc(NC(=O)c3ccccc3Sc3ccccc3C#N)cc2)n1. The van der Waals surface area contributed by atoms with E-state index in [0.717, 1.165) is 21.2 Å². The Kier molecular flexibility index (Phi) is 5.64. The Morgan fingerprint density at radius 1 is 0.967 bits per heavy atom. The van der Waals surface area contributed by atoms with Crippen molar-refractivity contribution in [2.45, 2.75) is 16.7 Å². The zero-order valence-electron chi connectivity index (χ0n) is 16.2. The number of nitrogens with zero attached hydrogens (tertiary/aromatic N) is 3. The van der Waals surface area contributed by atoms with Crippen LogP contribution in [0.15, 0.2) is 94.9 Å². The second-order valence-electron chi connectivity index (χ2n) is 6.61. The van der Waals surface area contributed by atoms with Gasteiger partial charge in [-0.1, -0.05) is 36.0 Å². The molecule has 0 aliphatic rings. The van der Waals surface area contributed by atoms with Crippen LogP contribution < -0.4 is 5.32 Å². The summed E-state index contributed by atoms with van der Waals surface area (Å²) in [5.74, 6) is -0.199. The minimum atomic E-state index is -0.199. The predicted molar refractivity (Wildman–Crippen MR) is 118 cm³/mol. The highest BCUT2D eigenvalue weighted by atomic mass is 32.2. The predicted octanol–water partition coefficient (Wildman–Crippen LogP) is 5.46. The second-order valence-corrected chi connectivity index (χ2v) is 7.69. The maximum absolute atomic E-state index is 12.9. The lowest BCUT2D eigenvalue weighted by Gasteiger charge is -2.11. The van der Waals surface area contributed by atoms with Crippen molar-refractivity contribution >= 4 is 23.4 Å². The lowest BCUT2D eigenvalue weighted by molar-refractivity contribution is 0.102. The van der Waals surface area contributed by atoms with E-state index >= 15 is 0 Å². The number of anilines is 1. The molecule has 0 aliphatic heterocycles. The Hall–Kier alpha value is -3.82. The standard InChI is InChI=1S/C24H18N4OS/c1-17-14-15-28(27-17)20-12-10-19(11-13-20)26-24(29)21-7-3-5-9-23(21)30-22-8-4-2-6-18(22)16-25/h2-15H,1H3,(H,26,29). The lowest BCUT2D eigenvalue weighted by Crippen LogP contribution is -2.13. The highest BCUT2D eigenvalue weighted by Crippen LogP contribution is 2.33. The molecular weight excluding hydrogens is 392 g/mol. The van der Waals surface area contributed by atoms with Crippen LogP contribution in [-0.4, -0.2) is 15.7 Å². The van der Waals surface area contributed by atoms with Gasteiger partial charge in [-0.15, -0.1) is 0 Å². The molecule has 146 valence electrons. The normalized spacial score (nSPS) is 10.4. The molecule has 1 N–H and O–H groups in total. The Labute approximate surface area is 179 Å². The number of benzene rings is 3. The van der Waals surface area contributed by atoms with Gasteiger partial charge < -0.3 is 5.32 Å². The number of amides is 1. The Morgan fingerprint density at radius 2 is 1.67 bits per heavy atom. The average Bonchev–Trinajstić information content (AvgIpc) is 3.21. The summed E-state index contributed by atoms with van der Waals surface area (Å²) in [5.41, 5.74) is 3.71. The van der Waals surface area contributed by atoms with Crippen LogP contribution in [0.3, 0.4) is 0 Å². The van der Waals surface area contributed by atoms with Crippen LogP contribution in [0.4, 0.5) is 5.69 Å². The van der Waals surface area contributed by atoms with Gasteiger partial charge in [0.1, 0.15) is 6.07 Å². The molecule has 1 aromatic heterocycles. The molecule has 0 saturated heterocycles. The molecule has 0 unspecified atom stereocenters. The zero-order valence-corrected chi connectivity index (χ0v) is 17.1. The molecule has 0 bridgehead atoms. The van der Waals surface area contributed by atoms with Crippen LogP contribution in [0.25, 0.3) is 5.69 Å². The van der Waals surface area contributed by atoms with E-state index < -0.39 is 0 Å². The van der Waals surface area contributed by atoms with Gasteiger partial charge in [-0.25, -0.2) is 4.68 Å². The van der Waals surface area contributed by atoms with Gasteiger partial charge in [0.05, 0.1) is 22.5 Å². The van der Waals surface area contributed by atoms with Crippen molar-refractivity contribution in [1.29, 1.82) is 5.26 Å². The van der Waals surface area contributed by atoms with Gasteiger partial charge in [-0.05, 0) is 61.5 Å². The van der Waals surface area contributed by atoms with Crippen molar-refractivity contribution < 1.29 is 4.79 Å².